The van der Waals surface area contributed by atoms with Crippen LogP contribution in [0.15, 0.2) is 18.2 Å². The zero-order chi connectivity index (χ0) is 13.5. The van der Waals surface area contributed by atoms with Crippen LogP contribution in [0.5, 0.6) is 5.75 Å². The van der Waals surface area contributed by atoms with E-state index in [1.54, 1.807) is 0 Å². The Morgan fingerprint density at radius 1 is 1.44 bits per heavy atom. The number of benzene rings is 1. The normalized spacial score (nSPS) is 10.7. The van der Waals surface area contributed by atoms with Crippen LogP contribution in [0.2, 0.25) is 0 Å². The third-order valence-corrected chi connectivity index (χ3v) is 2.75. The summed E-state index contributed by atoms with van der Waals surface area (Å²) in [6.45, 7) is 5.82. The quantitative estimate of drug-likeness (QED) is 0.795. The Morgan fingerprint density at radius 3 is 2.72 bits per heavy atom. The minimum Gasteiger partial charge on any atom is -0.494 e. The minimum absolute atomic E-state index is 0.291. The predicted molar refractivity (Wildman–Crippen MR) is 72.7 cm³/mol. The molecular weight excluding hydrogens is 228 g/mol. The van der Waals surface area contributed by atoms with Crippen LogP contribution < -0.4 is 10.5 Å². The van der Waals surface area contributed by atoms with Crippen LogP contribution in [0, 0.1) is 6.92 Å². The molecule has 1 aromatic carbocycles. The van der Waals surface area contributed by atoms with Gasteiger partial charge in [0.1, 0.15) is 5.75 Å². The van der Waals surface area contributed by atoms with Gasteiger partial charge in [-0.2, -0.15) is 0 Å². The fourth-order valence-electron chi connectivity index (χ4n) is 1.85. The van der Waals surface area contributed by atoms with Crippen LogP contribution in [-0.2, 0) is 11.2 Å². The third-order valence-electron chi connectivity index (χ3n) is 2.75. The first kappa shape index (κ1) is 14.5. The van der Waals surface area contributed by atoms with Crippen molar-refractivity contribution in [1.82, 2.24) is 4.90 Å². The fourth-order valence-corrected chi connectivity index (χ4v) is 1.85. The van der Waals surface area contributed by atoms with Gasteiger partial charge >= 0.3 is 0 Å². The van der Waals surface area contributed by atoms with Gasteiger partial charge in [-0.05, 0) is 44.5 Å². The molecule has 0 aliphatic heterocycles. The molecule has 0 aliphatic rings. The highest BCUT2D eigenvalue weighted by Crippen LogP contribution is 2.19. The maximum absolute atomic E-state index is 10.8. The number of nitrogens with zero attached hydrogens (tertiary/aromatic N) is 1. The molecule has 0 saturated carbocycles. The number of rotatable bonds is 7. The largest absolute Gasteiger partial charge is 0.494 e. The zero-order valence-corrected chi connectivity index (χ0v) is 11.4. The van der Waals surface area contributed by atoms with Gasteiger partial charge in [0.05, 0.1) is 13.2 Å². The Hall–Kier alpha value is -1.55. The number of carbonyl (C=O) groups is 1. The Labute approximate surface area is 109 Å². The standard InChI is InChI=1S/C14H22N2O2/c1-4-18-13-6-5-12(9-11(13)2)7-8-16(3)10-14(15)17/h5-6,9H,4,7-8,10H2,1-3H3,(H2,15,17). The summed E-state index contributed by atoms with van der Waals surface area (Å²) in [5, 5.41) is 0. The van der Waals surface area contributed by atoms with Crippen molar-refractivity contribution in [3.8, 4) is 5.75 Å². The van der Waals surface area contributed by atoms with Gasteiger partial charge in [-0.1, -0.05) is 12.1 Å². The monoisotopic (exact) mass is 250 g/mol. The van der Waals surface area contributed by atoms with Crippen molar-refractivity contribution in [3.63, 3.8) is 0 Å². The van der Waals surface area contributed by atoms with Crippen LogP contribution in [0.1, 0.15) is 18.1 Å². The Bertz CT molecular complexity index is 405. The maximum atomic E-state index is 10.8. The Balaban J connectivity index is 2.53. The highest BCUT2D eigenvalue weighted by atomic mass is 16.5. The van der Waals surface area contributed by atoms with Gasteiger partial charge in [-0.3, -0.25) is 9.69 Å². The number of carbonyl (C=O) groups excluding carboxylic acids is 1. The summed E-state index contributed by atoms with van der Waals surface area (Å²) >= 11 is 0. The molecule has 4 nitrogen and oxygen atoms in total. The van der Waals surface area contributed by atoms with Crippen LogP contribution in [-0.4, -0.2) is 37.6 Å². The molecule has 4 heteroatoms. The van der Waals surface area contributed by atoms with E-state index in [-0.39, 0.29) is 5.91 Å². The second-order valence-electron chi connectivity index (χ2n) is 4.49. The van der Waals surface area contributed by atoms with E-state index in [9.17, 15) is 4.79 Å². The summed E-state index contributed by atoms with van der Waals surface area (Å²) in [7, 11) is 1.90. The fraction of sp³-hybridized carbons (Fsp3) is 0.500. The van der Waals surface area contributed by atoms with Crippen molar-refractivity contribution >= 4 is 5.91 Å². The molecule has 0 radical (unpaired) electrons. The molecule has 0 atom stereocenters. The van der Waals surface area contributed by atoms with Gasteiger partial charge in [0.25, 0.3) is 0 Å². The number of hydrogen-bond acceptors (Lipinski definition) is 3. The average molecular weight is 250 g/mol. The van der Waals surface area contributed by atoms with Crippen LogP contribution in [0.25, 0.3) is 0 Å². The predicted octanol–water partition coefficient (Wildman–Crippen LogP) is 1.35. The second kappa shape index (κ2) is 7.01. The molecule has 0 unspecified atom stereocenters. The van der Waals surface area contributed by atoms with E-state index in [2.05, 4.69) is 12.1 Å². The van der Waals surface area contributed by atoms with Gasteiger partial charge in [-0.25, -0.2) is 0 Å². The molecule has 18 heavy (non-hydrogen) atoms. The lowest BCUT2D eigenvalue weighted by Crippen LogP contribution is -2.32. The lowest BCUT2D eigenvalue weighted by Gasteiger charge is -2.15. The first-order valence-corrected chi connectivity index (χ1v) is 6.22. The number of aryl methyl sites for hydroxylation is 1. The second-order valence-corrected chi connectivity index (χ2v) is 4.49. The van der Waals surface area contributed by atoms with Gasteiger partial charge in [0, 0.05) is 6.54 Å². The highest BCUT2D eigenvalue weighted by Gasteiger charge is 2.04. The van der Waals surface area contributed by atoms with E-state index in [4.69, 9.17) is 10.5 Å². The van der Waals surface area contributed by atoms with E-state index in [0.717, 1.165) is 24.3 Å². The van der Waals surface area contributed by atoms with E-state index in [0.29, 0.717) is 13.2 Å². The number of ether oxygens (including phenoxy) is 1. The Kier molecular flexibility index (Phi) is 5.65. The number of amides is 1. The molecule has 1 rings (SSSR count). The minimum atomic E-state index is -0.291. The summed E-state index contributed by atoms with van der Waals surface area (Å²) in [5.41, 5.74) is 7.53. The summed E-state index contributed by atoms with van der Waals surface area (Å²) in [5.74, 6) is 0.645. The van der Waals surface area contributed by atoms with Crippen LogP contribution in [0.4, 0.5) is 0 Å². The molecule has 0 heterocycles. The summed E-state index contributed by atoms with van der Waals surface area (Å²) in [6.07, 6.45) is 0.900. The molecule has 0 bridgehead atoms. The number of hydrogen-bond donors (Lipinski definition) is 1. The highest BCUT2D eigenvalue weighted by molar-refractivity contribution is 5.75. The lowest BCUT2D eigenvalue weighted by molar-refractivity contribution is -0.118. The van der Waals surface area contributed by atoms with Gasteiger partial charge in [-0.15, -0.1) is 0 Å². The first-order valence-electron chi connectivity index (χ1n) is 6.22. The third kappa shape index (κ3) is 4.75. The molecule has 1 amide bonds. The van der Waals surface area contributed by atoms with E-state index in [1.165, 1.54) is 5.56 Å². The van der Waals surface area contributed by atoms with Gasteiger partial charge in [0.2, 0.25) is 5.91 Å². The smallest absolute Gasteiger partial charge is 0.231 e. The topological polar surface area (TPSA) is 55.6 Å². The summed E-state index contributed by atoms with van der Waals surface area (Å²) in [4.78, 5) is 12.7. The van der Waals surface area contributed by atoms with Crippen molar-refractivity contribution in [2.24, 2.45) is 5.73 Å². The van der Waals surface area contributed by atoms with Crippen molar-refractivity contribution in [2.75, 3.05) is 26.7 Å². The van der Waals surface area contributed by atoms with E-state index >= 15 is 0 Å². The molecule has 0 saturated heterocycles. The van der Waals surface area contributed by atoms with Crippen molar-refractivity contribution < 1.29 is 9.53 Å². The maximum Gasteiger partial charge on any atom is 0.231 e. The molecule has 0 aromatic heterocycles. The number of likely N-dealkylation sites (N-methyl/N-ethyl adjacent to an activating group) is 1. The summed E-state index contributed by atoms with van der Waals surface area (Å²) in [6, 6.07) is 6.20. The molecule has 2 N–H and O–H groups in total. The number of nitrogens with two attached hydrogens (primary N) is 1. The molecule has 0 fully saturated rings. The summed E-state index contributed by atoms with van der Waals surface area (Å²) < 4.78 is 5.50. The van der Waals surface area contributed by atoms with Crippen LogP contribution in [0.3, 0.4) is 0 Å². The lowest BCUT2D eigenvalue weighted by atomic mass is 10.1. The van der Waals surface area contributed by atoms with Crippen molar-refractivity contribution in [2.45, 2.75) is 20.3 Å². The van der Waals surface area contributed by atoms with E-state index in [1.807, 2.05) is 31.9 Å². The molecule has 1 aromatic rings. The zero-order valence-electron chi connectivity index (χ0n) is 11.4. The average Bonchev–Trinajstić information content (AvgIpc) is 2.29. The molecular formula is C14H22N2O2. The van der Waals surface area contributed by atoms with Gasteiger partial charge in [0.15, 0.2) is 0 Å². The van der Waals surface area contributed by atoms with Crippen LogP contribution >= 0.6 is 0 Å². The van der Waals surface area contributed by atoms with Gasteiger partial charge < -0.3 is 10.5 Å². The first-order chi connectivity index (χ1) is 8.52. The molecule has 100 valence electrons. The van der Waals surface area contributed by atoms with Crippen molar-refractivity contribution in [3.05, 3.63) is 29.3 Å². The number of primary amides is 1. The molecule has 0 spiro atoms. The van der Waals surface area contributed by atoms with Crippen molar-refractivity contribution in [1.29, 1.82) is 0 Å². The Morgan fingerprint density at radius 2 is 2.17 bits per heavy atom. The SMILES string of the molecule is CCOc1ccc(CCN(C)CC(N)=O)cc1C. The molecule has 0 aliphatic carbocycles. The van der Waals surface area contributed by atoms with E-state index < -0.39 is 0 Å².